The molecule has 26 heavy (non-hydrogen) atoms. The highest BCUT2D eigenvalue weighted by Gasteiger charge is 2.26. The summed E-state index contributed by atoms with van der Waals surface area (Å²) in [7, 11) is 0. The van der Waals surface area contributed by atoms with Gasteiger partial charge >= 0.3 is 0 Å². The lowest BCUT2D eigenvalue weighted by Gasteiger charge is -2.27. The smallest absolute Gasteiger partial charge is 0.250 e. The summed E-state index contributed by atoms with van der Waals surface area (Å²) in [6, 6.07) is 9.73. The maximum atomic E-state index is 14.7. The summed E-state index contributed by atoms with van der Waals surface area (Å²) < 4.78 is 30.2. The molecule has 4 rings (SSSR count). The summed E-state index contributed by atoms with van der Waals surface area (Å²) >= 11 is 0. The van der Waals surface area contributed by atoms with E-state index in [1.54, 1.807) is 36.5 Å². The third-order valence-corrected chi connectivity index (χ3v) is 4.85. The zero-order valence-electron chi connectivity index (χ0n) is 14.0. The fourth-order valence-corrected chi connectivity index (χ4v) is 3.46. The molecule has 2 aromatic carbocycles. The Morgan fingerprint density at radius 2 is 2.15 bits per heavy atom. The molecule has 0 saturated carbocycles. The van der Waals surface area contributed by atoms with Crippen LogP contribution in [0.1, 0.15) is 28.3 Å². The van der Waals surface area contributed by atoms with E-state index in [4.69, 9.17) is 5.73 Å². The maximum absolute atomic E-state index is 14.7. The van der Waals surface area contributed by atoms with E-state index in [1.807, 2.05) is 0 Å². The number of fused-ring (bicyclic) bond motifs is 1. The highest BCUT2D eigenvalue weighted by atomic mass is 19.1. The summed E-state index contributed by atoms with van der Waals surface area (Å²) in [6.45, 7) is 1.13. The fourth-order valence-electron chi connectivity index (χ4n) is 3.46. The minimum absolute atomic E-state index is 0.236. The number of benzene rings is 2. The van der Waals surface area contributed by atoms with Gasteiger partial charge in [0.25, 0.3) is 5.91 Å². The molecule has 0 spiro atoms. The first-order valence-electron chi connectivity index (χ1n) is 8.47. The molecule has 134 valence electrons. The van der Waals surface area contributed by atoms with Gasteiger partial charge in [-0.3, -0.25) is 4.79 Å². The van der Waals surface area contributed by atoms with Gasteiger partial charge in [0, 0.05) is 24.0 Å². The number of halogens is 2. The normalized spacial score (nSPS) is 20.4. The zero-order chi connectivity index (χ0) is 18.3. The van der Waals surface area contributed by atoms with Crippen LogP contribution in [0.25, 0.3) is 16.6 Å². The molecular formula is C19H18F2N4O. The number of carbonyl (C=O) groups excluding carboxylic acids is 1. The third kappa shape index (κ3) is 2.84. The summed E-state index contributed by atoms with van der Waals surface area (Å²) in [4.78, 5) is 11.5. The number of hydrogen-bond acceptors (Lipinski definition) is 3. The first-order chi connectivity index (χ1) is 12.5. The number of hydrogen-bond donors (Lipinski definition) is 2. The number of alkyl halides is 1. The van der Waals surface area contributed by atoms with E-state index in [0.717, 1.165) is 0 Å². The van der Waals surface area contributed by atoms with Crippen molar-refractivity contribution in [2.75, 3.05) is 13.1 Å². The molecule has 2 heterocycles. The Hall–Kier alpha value is -2.80. The molecule has 5 nitrogen and oxygen atoms in total. The highest BCUT2D eigenvalue weighted by molar-refractivity contribution is 6.04. The summed E-state index contributed by atoms with van der Waals surface area (Å²) in [5.41, 5.74) is 6.93. The van der Waals surface area contributed by atoms with Crippen molar-refractivity contribution in [2.24, 2.45) is 5.73 Å². The molecule has 1 amide bonds. The van der Waals surface area contributed by atoms with E-state index >= 15 is 0 Å². The Labute approximate surface area is 148 Å². The van der Waals surface area contributed by atoms with Crippen LogP contribution in [0.3, 0.4) is 0 Å². The van der Waals surface area contributed by atoms with Crippen molar-refractivity contribution in [3.05, 3.63) is 59.5 Å². The number of carbonyl (C=O) groups is 1. The van der Waals surface area contributed by atoms with E-state index in [2.05, 4.69) is 10.4 Å². The molecule has 1 fully saturated rings. The fraction of sp³-hybridized carbons (Fsp3) is 0.263. The van der Waals surface area contributed by atoms with Gasteiger partial charge in [0.2, 0.25) is 0 Å². The number of piperidine rings is 1. The predicted molar refractivity (Wildman–Crippen MR) is 94.7 cm³/mol. The minimum Gasteiger partial charge on any atom is -0.366 e. The molecular weight excluding hydrogens is 338 g/mol. The standard InChI is InChI=1S/C19H18F2N4O/c20-15-6-7-23-9-14(15)11-4-5-17(16(21)8-11)25-10-12-2-1-3-13(19(22)26)18(12)24-25/h1-5,8,10,14-15,23H,6-7,9H2,(H2,22,26)/t14-,15-/m0/s1. The van der Waals surface area contributed by atoms with Crippen LogP contribution >= 0.6 is 0 Å². The molecule has 3 N–H and O–H groups in total. The first-order valence-corrected chi connectivity index (χ1v) is 8.47. The third-order valence-electron chi connectivity index (χ3n) is 4.85. The number of nitrogens with one attached hydrogen (secondary N) is 1. The molecule has 0 unspecified atom stereocenters. The van der Waals surface area contributed by atoms with Gasteiger partial charge in [0.05, 0.1) is 5.56 Å². The summed E-state index contributed by atoms with van der Waals surface area (Å²) in [5.74, 6) is -1.44. The Bertz CT molecular complexity index is 985. The van der Waals surface area contributed by atoms with Gasteiger partial charge in [-0.05, 0) is 36.7 Å². The van der Waals surface area contributed by atoms with E-state index in [0.29, 0.717) is 36.0 Å². The number of nitrogens with two attached hydrogens (primary N) is 1. The van der Waals surface area contributed by atoms with Crippen molar-refractivity contribution in [3.8, 4) is 5.69 Å². The average molecular weight is 356 g/mol. The van der Waals surface area contributed by atoms with E-state index in [9.17, 15) is 13.6 Å². The van der Waals surface area contributed by atoms with Crippen LogP contribution in [-0.2, 0) is 0 Å². The summed E-state index contributed by atoms with van der Waals surface area (Å²) in [6.07, 6.45) is 1.08. The Morgan fingerprint density at radius 1 is 1.31 bits per heavy atom. The van der Waals surface area contributed by atoms with Gasteiger partial charge in [-0.15, -0.1) is 0 Å². The predicted octanol–water partition coefficient (Wildman–Crippen LogP) is 2.68. The lowest BCUT2D eigenvalue weighted by atomic mass is 9.90. The van der Waals surface area contributed by atoms with E-state index < -0.39 is 17.9 Å². The molecule has 1 saturated heterocycles. The lowest BCUT2D eigenvalue weighted by molar-refractivity contribution is 0.100. The molecule has 0 radical (unpaired) electrons. The Balaban J connectivity index is 1.73. The van der Waals surface area contributed by atoms with Crippen molar-refractivity contribution in [1.82, 2.24) is 15.1 Å². The van der Waals surface area contributed by atoms with Crippen LogP contribution in [0.2, 0.25) is 0 Å². The van der Waals surface area contributed by atoms with Crippen LogP contribution in [0.5, 0.6) is 0 Å². The monoisotopic (exact) mass is 356 g/mol. The van der Waals surface area contributed by atoms with Crippen LogP contribution in [0.4, 0.5) is 8.78 Å². The number of primary amides is 1. The quantitative estimate of drug-likeness (QED) is 0.758. The topological polar surface area (TPSA) is 72.9 Å². The highest BCUT2D eigenvalue weighted by Crippen LogP contribution is 2.29. The molecule has 1 aliphatic heterocycles. The zero-order valence-corrected chi connectivity index (χ0v) is 14.0. The van der Waals surface area contributed by atoms with Gasteiger partial charge < -0.3 is 11.1 Å². The van der Waals surface area contributed by atoms with Gasteiger partial charge in [-0.25, -0.2) is 13.5 Å². The maximum Gasteiger partial charge on any atom is 0.250 e. The minimum atomic E-state index is -0.980. The van der Waals surface area contributed by atoms with Crippen molar-refractivity contribution in [3.63, 3.8) is 0 Å². The van der Waals surface area contributed by atoms with Crippen molar-refractivity contribution in [1.29, 1.82) is 0 Å². The van der Waals surface area contributed by atoms with Crippen molar-refractivity contribution >= 4 is 16.8 Å². The van der Waals surface area contributed by atoms with Crippen molar-refractivity contribution < 1.29 is 13.6 Å². The van der Waals surface area contributed by atoms with Crippen LogP contribution in [-0.4, -0.2) is 34.9 Å². The van der Waals surface area contributed by atoms with Crippen LogP contribution in [0, 0.1) is 5.82 Å². The van der Waals surface area contributed by atoms with Gasteiger partial charge in [0.1, 0.15) is 23.2 Å². The number of aromatic nitrogens is 2. The summed E-state index contributed by atoms with van der Waals surface area (Å²) in [5, 5.41) is 8.14. The average Bonchev–Trinajstić information content (AvgIpc) is 3.05. The molecule has 7 heteroatoms. The van der Waals surface area contributed by atoms with Gasteiger partial charge in [-0.1, -0.05) is 18.2 Å². The Kier molecular flexibility index (Phi) is 4.16. The van der Waals surface area contributed by atoms with Gasteiger partial charge in [0.15, 0.2) is 0 Å². The first kappa shape index (κ1) is 16.7. The van der Waals surface area contributed by atoms with Gasteiger partial charge in [-0.2, -0.15) is 5.10 Å². The Morgan fingerprint density at radius 3 is 2.88 bits per heavy atom. The van der Waals surface area contributed by atoms with Crippen molar-refractivity contribution in [2.45, 2.75) is 18.5 Å². The second-order valence-corrected chi connectivity index (χ2v) is 6.51. The number of amides is 1. The number of rotatable bonds is 3. The van der Waals surface area contributed by atoms with Crippen LogP contribution < -0.4 is 11.1 Å². The largest absolute Gasteiger partial charge is 0.366 e. The second kappa shape index (κ2) is 6.49. The molecule has 3 aromatic rings. The molecule has 1 aromatic heterocycles. The SMILES string of the molecule is NC(=O)c1cccc2cn(-c3ccc([C@@H]4CNCC[C@@H]4F)cc3F)nc12. The number of nitrogens with zero attached hydrogens (tertiary/aromatic N) is 2. The van der Waals surface area contributed by atoms with E-state index in [1.165, 1.54) is 10.7 Å². The lowest BCUT2D eigenvalue weighted by Crippen LogP contribution is -2.36. The molecule has 2 atom stereocenters. The molecule has 0 bridgehead atoms. The van der Waals surface area contributed by atoms with E-state index in [-0.39, 0.29) is 17.2 Å². The molecule has 0 aliphatic carbocycles. The van der Waals surface area contributed by atoms with Crippen LogP contribution in [0.15, 0.2) is 42.6 Å². The molecule has 1 aliphatic rings. The second-order valence-electron chi connectivity index (χ2n) is 6.51.